The summed E-state index contributed by atoms with van der Waals surface area (Å²) in [5.74, 6) is -0.0547. The highest BCUT2D eigenvalue weighted by atomic mass is 35.5. The highest BCUT2D eigenvalue weighted by Gasteiger charge is 2.08. The molecule has 0 saturated heterocycles. The Balaban J connectivity index is 1.26. The van der Waals surface area contributed by atoms with Crippen LogP contribution in [0.15, 0.2) is 66.2 Å². The molecule has 6 heteroatoms. The summed E-state index contributed by atoms with van der Waals surface area (Å²) in [5.41, 5.74) is 4.04. The van der Waals surface area contributed by atoms with Crippen molar-refractivity contribution in [1.29, 1.82) is 0 Å². The Hall–Kier alpha value is -2.60. The number of halogens is 1. The maximum absolute atomic E-state index is 12.4. The van der Waals surface area contributed by atoms with E-state index in [0.717, 1.165) is 41.5 Å². The molecular formula is C23H22ClN3OS. The minimum absolute atomic E-state index is 0.0547. The van der Waals surface area contributed by atoms with Crippen LogP contribution in [0.2, 0.25) is 5.02 Å². The fraction of sp³-hybridized carbons (Fsp3) is 0.174. The fourth-order valence-corrected chi connectivity index (χ4v) is 4.13. The predicted octanol–water partition coefficient (Wildman–Crippen LogP) is 5.15. The molecule has 0 aliphatic carbocycles. The number of aromatic nitrogens is 1. The Labute approximate surface area is 178 Å². The van der Waals surface area contributed by atoms with E-state index in [1.54, 1.807) is 11.3 Å². The van der Waals surface area contributed by atoms with E-state index in [0.29, 0.717) is 17.1 Å². The van der Waals surface area contributed by atoms with Gasteiger partial charge in [-0.1, -0.05) is 29.8 Å². The van der Waals surface area contributed by atoms with Crippen molar-refractivity contribution in [2.45, 2.75) is 19.5 Å². The number of benzene rings is 2. The molecule has 29 heavy (non-hydrogen) atoms. The lowest BCUT2D eigenvalue weighted by atomic mass is 10.1. The van der Waals surface area contributed by atoms with Gasteiger partial charge in [0, 0.05) is 52.2 Å². The van der Waals surface area contributed by atoms with Crippen LogP contribution in [0.5, 0.6) is 0 Å². The summed E-state index contributed by atoms with van der Waals surface area (Å²) in [6.07, 6.45) is 2.72. The van der Waals surface area contributed by atoms with E-state index in [1.165, 1.54) is 4.88 Å². The van der Waals surface area contributed by atoms with E-state index in [2.05, 4.69) is 33.1 Å². The summed E-state index contributed by atoms with van der Waals surface area (Å²) in [6.45, 7) is 2.21. The summed E-state index contributed by atoms with van der Waals surface area (Å²) >= 11 is 7.84. The van der Waals surface area contributed by atoms with Gasteiger partial charge in [0.1, 0.15) is 0 Å². The molecule has 0 radical (unpaired) electrons. The molecule has 1 amide bonds. The minimum Gasteiger partial charge on any atom is -0.361 e. The SMILES string of the molecule is O=C(NCCc1c[nH]c2ccc(Cl)cc12)c1ccc(CNCc2cccs2)cc1. The van der Waals surface area contributed by atoms with Crippen molar-refractivity contribution in [2.75, 3.05) is 6.54 Å². The first-order valence-electron chi connectivity index (χ1n) is 9.55. The molecule has 2 aromatic carbocycles. The number of hydrogen-bond donors (Lipinski definition) is 3. The third-order valence-electron chi connectivity index (χ3n) is 4.83. The molecule has 4 aromatic rings. The van der Waals surface area contributed by atoms with Gasteiger partial charge in [-0.3, -0.25) is 4.79 Å². The molecule has 0 aliphatic heterocycles. The van der Waals surface area contributed by atoms with Crippen molar-refractivity contribution in [3.63, 3.8) is 0 Å². The van der Waals surface area contributed by atoms with Crippen molar-refractivity contribution < 1.29 is 4.79 Å². The van der Waals surface area contributed by atoms with Crippen LogP contribution in [-0.4, -0.2) is 17.4 Å². The zero-order valence-corrected chi connectivity index (χ0v) is 17.4. The number of nitrogens with one attached hydrogen (secondary N) is 3. The molecule has 0 unspecified atom stereocenters. The first-order valence-corrected chi connectivity index (χ1v) is 10.8. The van der Waals surface area contributed by atoms with Gasteiger partial charge in [-0.15, -0.1) is 11.3 Å². The van der Waals surface area contributed by atoms with Crippen LogP contribution >= 0.6 is 22.9 Å². The van der Waals surface area contributed by atoms with Gasteiger partial charge in [0.05, 0.1) is 0 Å². The highest BCUT2D eigenvalue weighted by molar-refractivity contribution is 7.09. The highest BCUT2D eigenvalue weighted by Crippen LogP contribution is 2.22. The quantitative estimate of drug-likeness (QED) is 0.367. The van der Waals surface area contributed by atoms with Crippen molar-refractivity contribution >= 4 is 39.7 Å². The number of hydrogen-bond acceptors (Lipinski definition) is 3. The van der Waals surface area contributed by atoms with Crippen molar-refractivity contribution in [1.82, 2.24) is 15.6 Å². The summed E-state index contributed by atoms with van der Waals surface area (Å²) < 4.78 is 0. The molecule has 0 spiro atoms. The van der Waals surface area contributed by atoms with Gasteiger partial charge in [0.2, 0.25) is 0 Å². The van der Waals surface area contributed by atoms with Crippen LogP contribution in [0.3, 0.4) is 0 Å². The number of carbonyl (C=O) groups excluding carboxylic acids is 1. The third kappa shape index (κ3) is 5.07. The normalized spacial score (nSPS) is 11.1. The van der Waals surface area contributed by atoms with Gasteiger partial charge >= 0.3 is 0 Å². The number of rotatable bonds is 8. The fourth-order valence-electron chi connectivity index (χ4n) is 3.29. The second kappa shape index (κ2) is 9.27. The summed E-state index contributed by atoms with van der Waals surface area (Å²) in [5, 5.41) is 10.3. The first-order chi connectivity index (χ1) is 14.2. The van der Waals surface area contributed by atoms with Gasteiger partial charge in [-0.25, -0.2) is 0 Å². The molecule has 2 heterocycles. The number of carbonyl (C=O) groups is 1. The van der Waals surface area contributed by atoms with Crippen molar-refractivity contribution in [3.05, 3.63) is 92.8 Å². The van der Waals surface area contributed by atoms with Crippen LogP contribution in [-0.2, 0) is 19.5 Å². The second-order valence-electron chi connectivity index (χ2n) is 6.89. The summed E-state index contributed by atoms with van der Waals surface area (Å²) in [4.78, 5) is 17.0. The second-order valence-corrected chi connectivity index (χ2v) is 8.36. The van der Waals surface area contributed by atoms with Crippen molar-refractivity contribution in [2.24, 2.45) is 0 Å². The predicted molar refractivity (Wildman–Crippen MR) is 121 cm³/mol. The van der Waals surface area contributed by atoms with Gasteiger partial charge in [0.25, 0.3) is 5.91 Å². The molecule has 0 aliphatic rings. The average molecular weight is 424 g/mol. The molecule has 0 fully saturated rings. The van der Waals surface area contributed by atoms with Crippen LogP contribution in [0, 0.1) is 0 Å². The number of amides is 1. The van der Waals surface area contributed by atoms with Gasteiger partial charge in [-0.05, 0) is 59.3 Å². The zero-order valence-electron chi connectivity index (χ0n) is 15.9. The Morgan fingerprint density at radius 2 is 1.93 bits per heavy atom. The lowest BCUT2D eigenvalue weighted by Gasteiger charge is -2.07. The molecule has 2 aromatic heterocycles. The van der Waals surface area contributed by atoms with E-state index < -0.39 is 0 Å². The molecule has 4 nitrogen and oxygen atoms in total. The van der Waals surface area contributed by atoms with E-state index in [4.69, 9.17) is 11.6 Å². The number of H-pyrrole nitrogens is 1. The largest absolute Gasteiger partial charge is 0.361 e. The average Bonchev–Trinajstić information content (AvgIpc) is 3.38. The molecule has 148 valence electrons. The molecule has 0 atom stereocenters. The van der Waals surface area contributed by atoms with Gasteiger partial charge in [-0.2, -0.15) is 0 Å². The van der Waals surface area contributed by atoms with Crippen molar-refractivity contribution in [3.8, 4) is 0 Å². The minimum atomic E-state index is -0.0547. The molecule has 0 saturated carbocycles. The number of thiophene rings is 1. The lowest BCUT2D eigenvalue weighted by molar-refractivity contribution is 0.0954. The lowest BCUT2D eigenvalue weighted by Crippen LogP contribution is -2.25. The maximum atomic E-state index is 12.4. The van der Waals surface area contributed by atoms with E-state index in [9.17, 15) is 4.79 Å². The van der Waals surface area contributed by atoms with Crippen LogP contribution < -0.4 is 10.6 Å². The Kier molecular flexibility index (Phi) is 6.30. The van der Waals surface area contributed by atoms with E-state index in [-0.39, 0.29) is 5.91 Å². The van der Waals surface area contributed by atoms with E-state index in [1.807, 2.05) is 48.7 Å². The van der Waals surface area contributed by atoms with Crippen LogP contribution in [0.4, 0.5) is 0 Å². The molecule has 0 bridgehead atoms. The first kappa shape index (κ1) is 19.7. The number of fused-ring (bicyclic) bond motifs is 1. The monoisotopic (exact) mass is 423 g/mol. The zero-order chi connectivity index (χ0) is 20.1. The summed E-state index contributed by atoms with van der Waals surface area (Å²) in [7, 11) is 0. The third-order valence-corrected chi connectivity index (χ3v) is 5.95. The summed E-state index contributed by atoms with van der Waals surface area (Å²) in [6, 6.07) is 17.7. The van der Waals surface area contributed by atoms with Crippen LogP contribution in [0.25, 0.3) is 10.9 Å². The maximum Gasteiger partial charge on any atom is 0.251 e. The number of aromatic amines is 1. The Morgan fingerprint density at radius 3 is 2.72 bits per heavy atom. The van der Waals surface area contributed by atoms with Crippen LogP contribution in [0.1, 0.15) is 26.4 Å². The topological polar surface area (TPSA) is 56.9 Å². The smallest absolute Gasteiger partial charge is 0.251 e. The van der Waals surface area contributed by atoms with Gasteiger partial charge in [0.15, 0.2) is 0 Å². The van der Waals surface area contributed by atoms with E-state index >= 15 is 0 Å². The Bertz CT molecular complexity index is 1090. The molecule has 3 N–H and O–H groups in total. The molecule has 4 rings (SSSR count). The molecular weight excluding hydrogens is 402 g/mol. The Morgan fingerprint density at radius 1 is 1.07 bits per heavy atom. The standard InChI is InChI=1S/C23H22ClN3OS/c24-19-7-8-22-21(12-19)18(14-27-22)9-10-26-23(28)17-5-3-16(4-6-17)13-25-15-20-2-1-11-29-20/h1-8,11-12,14,25,27H,9-10,13,15H2,(H,26,28). The van der Waals surface area contributed by atoms with Gasteiger partial charge < -0.3 is 15.6 Å².